The van der Waals surface area contributed by atoms with Crippen LogP contribution < -0.4 is 0 Å². The molecule has 6 N–H and O–H groups in total. The van der Waals surface area contributed by atoms with E-state index in [4.69, 9.17) is 105 Å². The minimum Gasteiger partial charge on any atom is -0.474 e. The van der Waals surface area contributed by atoms with E-state index < -0.39 is 82.7 Å². The van der Waals surface area contributed by atoms with E-state index in [9.17, 15) is 0 Å². The van der Waals surface area contributed by atoms with Crippen LogP contribution in [0.5, 0.6) is 0 Å². The Kier molecular flexibility index (Phi) is 21.5. The maximum Gasteiger partial charge on any atom is 0.0829 e. The molecule has 0 aliphatic heterocycles. The van der Waals surface area contributed by atoms with E-state index >= 15 is 0 Å². The zero-order chi connectivity index (χ0) is 26.9. The first kappa shape index (κ1) is 36.9. The van der Waals surface area contributed by atoms with Crippen LogP contribution in [0.15, 0.2) is 25.7 Å². The van der Waals surface area contributed by atoms with E-state index in [1.165, 1.54) is 12.5 Å². The first-order chi connectivity index (χ1) is 15.9. The Bertz CT molecular complexity index is 438. The highest BCUT2D eigenvalue weighted by atomic mass is 35.5. The quantitative estimate of drug-likeness (QED) is 0.145. The van der Waals surface area contributed by atoms with Crippen LogP contribution >= 0.6 is 69.6 Å². The van der Waals surface area contributed by atoms with Gasteiger partial charge < -0.3 is 40.1 Å². The van der Waals surface area contributed by atoms with Crippen LogP contribution in [-0.4, -0.2) is 116 Å². The third kappa shape index (κ3) is 11.9. The molecule has 0 aromatic rings. The minimum atomic E-state index is -1.16. The monoisotopic (exact) mass is 612 g/mol. The second-order valence-electron chi connectivity index (χ2n) is 7.58. The van der Waals surface area contributed by atoms with Crippen molar-refractivity contribution in [2.75, 3.05) is 52.9 Å². The Hall–Kier alpha value is 0.740. The predicted octanol–water partition coefficient (Wildman–Crippen LogP) is 1.86. The normalized spacial score (nSPS) is 26.9. The third-order valence-corrected chi connectivity index (χ3v) is 8.88. The molecular weight excluding hydrogens is 581 g/mol. The molecule has 0 heterocycles. The summed E-state index contributed by atoms with van der Waals surface area (Å²) >= 11 is 35.3. The summed E-state index contributed by atoms with van der Waals surface area (Å²) in [5.41, 5.74) is -2.32. The molecule has 14 heteroatoms. The van der Waals surface area contributed by atoms with Crippen LogP contribution in [0, 0.1) is 10.8 Å². The molecule has 0 unspecified atom stereocenters. The van der Waals surface area contributed by atoms with E-state index in [0.29, 0.717) is 0 Å². The van der Waals surface area contributed by atoms with Gasteiger partial charge >= 0.3 is 0 Å². The molecule has 0 aromatic heterocycles. The maximum atomic E-state index is 9.03. The number of halogens is 6. The van der Waals surface area contributed by atoms with Gasteiger partial charge in [-0.2, -0.15) is 0 Å². The smallest absolute Gasteiger partial charge is 0.0829 e. The van der Waals surface area contributed by atoms with Gasteiger partial charge in [-0.1, -0.05) is 13.2 Å². The largest absolute Gasteiger partial charge is 0.474 e. The molecule has 0 amide bonds. The molecule has 1 fully saturated rings. The summed E-state index contributed by atoms with van der Waals surface area (Å²) in [6.07, 6.45) is 2.62. The van der Waals surface area contributed by atoms with Crippen molar-refractivity contribution in [3.8, 4) is 0 Å². The molecule has 8 nitrogen and oxygen atoms in total. The number of ether oxygens (including phenoxy) is 2. The van der Waals surface area contributed by atoms with E-state index in [-0.39, 0.29) is 13.2 Å². The number of rotatable bonds is 12. The Morgan fingerprint density at radius 2 is 0.735 bits per heavy atom. The second-order valence-corrected chi connectivity index (χ2v) is 10.6. The molecule has 34 heavy (non-hydrogen) atoms. The van der Waals surface area contributed by atoms with Gasteiger partial charge in [0.25, 0.3) is 0 Å². The second kappa shape index (κ2) is 19.8. The molecule has 1 aliphatic rings. The zero-order valence-electron chi connectivity index (χ0n) is 18.5. The lowest BCUT2D eigenvalue weighted by molar-refractivity contribution is -0.103. The van der Waals surface area contributed by atoms with Crippen LogP contribution in [-0.2, 0) is 9.47 Å². The van der Waals surface area contributed by atoms with Crippen molar-refractivity contribution in [2.24, 2.45) is 10.8 Å². The third-order valence-electron chi connectivity index (χ3n) is 4.85. The van der Waals surface area contributed by atoms with E-state index in [1.807, 2.05) is 0 Å². The molecule has 1 saturated carbocycles. The van der Waals surface area contributed by atoms with Gasteiger partial charge in [0.05, 0.1) is 108 Å². The molecule has 0 bridgehead atoms. The molecule has 0 spiro atoms. The summed E-state index contributed by atoms with van der Waals surface area (Å²) in [6, 6.07) is 0. The summed E-state index contributed by atoms with van der Waals surface area (Å²) in [6.45, 7) is 3.51. The first-order valence-electron chi connectivity index (χ1n) is 9.90. The number of hydrogen-bond acceptors (Lipinski definition) is 8. The highest BCUT2D eigenvalue weighted by Gasteiger charge is 2.46. The summed E-state index contributed by atoms with van der Waals surface area (Å²) < 4.78 is 9.51. The fraction of sp³-hybridized carbons (Fsp3) is 0.800. The maximum absolute atomic E-state index is 9.03. The average molecular weight is 615 g/mol. The van der Waals surface area contributed by atoms with Gasteiger partial charge in [0.2, 0.25) is 0 Å². The molecule has 1 aliphatic carbocycles. The van der Waals surface area contributed by atoms with Crippen LogP contribution in [0.1, 0.15) is 0 Å². The Morgan fingerprint density at radius 3 is 0.853 bits per heavy atom. The van der Waals surface area contributed by atoms with Crippen molar-refractivity contribution in [1.82, 2.24) is 0 Å². The van der Waals surface area contributed by atoms with Gasteiger partial charge in [-0.05, 0) is 0 Å². The molecule has 0 aromatic carbocycles. The SMILES string of the molecule is C=COC=C.ClC1C(Cl)C(Cl)C(Cl)C(Cl)C1Cl.OCC(CO)(CO)COCC(CO)(CO)CO. The van der Waals surface area contributed by atoms with Crippen LogP contribution in [0.3, 0.4) is 0 Å². The van der Waals surface area contributed by atoms with Crippen molar-refractivity contribution < 1.29 is 40.1 Å². The highest BCUT2D eigenvalue weighted by Crippen LogP contribution is 2.39. The fourth-order valence-corrected chi connectivity index (χ4v) is 4.51. The average Bonchev–Trinajstić information content (AvgIpc) is 2.87. The number of aliphatic hydroxyl groups excluding tert-OH is 6. The Morgan fingerprint density at radius 1 is 0.529 bits per heavy atom. The van der Waals surface area contributed by atoms with Crippen molar-refractivity contribution in [3.63, 3.8) is 0 Å². The first-order valence-corrected chi connectivity index (χ1v) is 12.5. The molecular formula is C20H34Cl6O8. The van der Waals surface area contributed by atoms with Gasteiger partial charge in [0.15, 0.2) is 0 Å². The van der Waals surface area contributed by atoms with E-state index in [1.54, 1.807) is 0 Å². The highest BCUT2D eigenvalue weighted by molar-refractivity contribution is 6.45. The van der Waals surface area contributed by atoms with Crippen LogP contribution in [0.4, 0.5) is 0 Å². The van der Waals surface area contributed by atoms with Crippen molar-refractivity contribution in [3.05, 3.63) is 25.7 Å². The molecule has 0 saturated heterocycles. The van der Waals surface area contributed by atoms with Crippen molar-refractivity contribution >= 4 is 69.6 Å². The lowest BCUT2D eigenvalue weighted by atomic mass is 9.91. The summed E-state index contributed by atoms with van der Waals surface area (Å²) in [5.74, 6) is 0. The lowest BCUT2D eigenvalue weighted by Gasteiger charge is -2.37. The Labute approximate surface area is 230 Å². The predicted molar refractivity (Wildman–Crippen MR) is 138 cm³/mol. The number of hydrogen-bond donors (Lipinski definition) is 6. The van der Waals surface area contributed by atoms with E-state index in [0.717, 1.165) is 0 Å². The van der Waals surface area contributed by atoms with Crippen LogP contribution in [0.2, 0.25) is 0 Å². The van der Waals surface area contributed by atoms with Gasteiger partial charge in [0, 0.05) is 0 Å². The summed E-state index contributed by atoms with van der Waals surface area (Å²) in [4.78, 5) is 0. The van der Waals surface area contributed by atoms with Gasteiger partial charge in [-0.25, -0.2) is 0 Å². The summed E-state index contributed by atoms with van der Waals surface area (Å²) in [5, 5.41) is 51.6. The fourth-order valence-electron chi connectivity index (χ4n) is 2.18. The number of alkyl halides is 6. The van der Waals surface area contributed by atoms with Gasteiger partial charge in [-0.3, -0.25) is 0 Å². The molecule has 1 rings (SSSR count). The molecule has 0 atom stereocenters. The summed E-state index contributed by atoms with van der Waals surface area (Å²) in [7, 11) is 0. The van der Waals surface area contributed by atoms with E-state index in [2.05, 4.69) is 17.9 Å². The standard InChI is InChI=1S/C10H22O7.C6H6Cl6.C4H6O/c11-1-9(2-12,3-13)7-17-8-10(4-14,5-15)6-16;7-1-2(8)4(10)6(12)5(11)3(1)9;1-3-5-4-2/h11-16H,1-8H2;1-6H;3-4H,1-2H2. The zero-order valence-corrected chi connectivity index (χ0v) is 23.0. The van der Waals surface area contributed by atoms with Crippen molar-refractivity contribution in [2.45, 2.75) is 32.3 Å². The van der Waals surface area contributed by atoms with Gasteiger partial charge in [0.1, 0.15) is 0 Å². The van der Waals surface area contributed by atoms with Crippen molar-refractivity contribution in [1.29, 1.82) is 0 Å². The molecule has 204 valence electrons. The lowest BCUT2D eigenvalue weighted by Crippen LogP contribution is -2.52. The molecule has 0 radical (unpaired) electrons. The minimum absolute atomic E-state index is 0.141. The number of aliphatic hydroxyl groups is 6. The van der Waals surface area contributed by atoms with Gasteiger partial charge in [-0.15, -0.1) is 69.6 Å². The topological polar surface area (TPSA) is 140 Å². The van der Waals surface area contributed by atoms with Crippen LogP contribution in [0.25, 0.3) is 0 Å². The Balaban J connectivity index is 0.